The monoisotopic (exact) mass is 436 g/mol. The van der Waals surface area contributed by atoms with Crippen molar-refractivity contribution in [1.29, 1.82) is 0 Å². The highest BCUT2D eigenvalue weighted by atomic mass is 35.5. The second-order valence-electron chi connectivity index (χ2n) is 7.37. The number of amides is 2. The second-order valence-corrected chi connectivity index (χ2v) is 7.37. The van der Waals surface area contributed by atoms with Gasteiger partial charge < -0.3 is 16.0 Å². The molecule has 2 fully saturated rings. The molecule has 4 rings (SSSR count). The number of rotatable bonds is 4. The summed E-state index contributed by atoms with van der Waals surface area (Å²) in [5.74, 6) is 0.421. The number of carbonyl (C=O) groups is 2. The summed E-state index contributed by atoms with van der Waals surface area (Å²) in [6.07, 6.45) is 8.99. The lowest BCUT2D eigenvalue weighted by Gasteiger charge is -2.24. The molecule has 1 aliphatic carbocycles. The normalized spacial score (nSPS) is 22.4. The van der Waals surface area contributed by atoms with Gasteiger partial charge in [-0.3, -0.25) is 14.6 Å². The molecule has 2 aliphatic rings. The van der Waals surface area contributed by atoms with Crippen molar-refractivity contribution in [2.24, 2.45) is 5.92 Å². The van der Waals surface area contributed by atoms with E-state index in [2.05, 4.69) is 20.9 Å². The molecule has 3 atom stereocenters. The summed E-state index contributed by atoms with van der Waals surface area (Å²) >= 11 is 0. The molecule has 0 spiro atoms. The topological polar surface area (TPSA) is 83.1 Å². The molecule has 1 aromatic carbocycles. The summed E-state index contributed by atoms with van der Waals surface area (Å²) in [6, 6.07) is 10.9. The average molecular weight is 437 g/mol. The van der Waals surface area contributed by atoms with Crippen LogP contribution in [-0.2, 0) is 4.79 Å². The zero-order chi connectivity index (χ0) is 18.6. The molecule has 2 amide bonds. The first-order valence-electron chi connectivity index (χ1n) is 9.57. The predicted molar refractivity (Wildman–Crippen MR) is 119 cm³/mol. The molecule has 3 N–H and O–H groups in total. The van der Waals surface area contributed by atoms with Crippen molar-refractivity contribution in [3.05, 3.63) is 54.4 Å². The van der Waals surface area contributed by atoms with E-state index in [0.717, 1.165) is 6.42 Å². The molecule has 1 aromatic heterocycles. The molecule has 1 saturated heterocycles. The molecular formula is C21H26Cl2N4O2. The van der Waals surface area contributed by atoms with E-state index in [4.69, 9.17) is 0 Å². The number of aromatic nitrogens is 1. The van der Waals surface area contributed by atoms with E-state index in [1.807, 2.05) is 12.1 Å². The van der Waals surface area contributed by atoms with E-state index in [-0.39, 0.29) is 42.7 Å². The number of nitrogens with one attached hydrogen (secondary N) is 3. The molecule has 1 saturated carbocycles. The first kappa shape index (κ1) is 23.1. The summed E-state index contributed by atoms with van der Waals surface area (Å²) in [7, 11) is 0. The number of anilines is 2. The van der Waals surface area contributed by atoms with E-state index in [9.17, 15) is 9.59 Å². The van der Waals surface area contributed by atoms with E-state index in [0.29, 0.717) is 28.9 Å². The third kappa shape index (κ3) is 5.69. The summed E-state index contributed by atoms with van der Waals surface area (Å²) < 4.78 is 0. The number of carbonyl (C=O) groups excluding carboxylic acids is 2. The van der Waals surface area contributed by atoms with Crippen molar-refractivity contribution in [3.63, 3.8) is 0 Å². The highest BCUT2D eigenvalue weighted by Gasteiger charge is 2.38. The Balaban J connectivity index is 0.00000150. The minimum absolute atomic E-state index is 0. The summed E-state index contributed by atoms with van der Waals surface area (Å²) in [5, 5.41) is 9.33. The lowest BCUT2D eigenvalue weighted by molar-refractivity contribution is -0.117. The van der Waals surface area contributed by atoms with Crippen molar-refractivity contribution in [3.8, 4) is 0 Å². The standard InChI is InChI=1S/C21H24N4O2.2ClH/c26-20(14-8-10-22-11-9-14)23-16-5-3-6-17(13-16)24-21(27)19-12-15-4-1-2-7-18(15)25-19;;/h3,5-6,8-11,13,15,18-19,25H,1-2,4,7,12H2,(H,23,26)(H,24,27);2*1H. The highest BCUT2D eigenvalue weighted by molar-refractivity contribution is 6.04. The van der Waals surface area contributed by atoms with E-state index < -0.39 is 0 Å². The van der Waals surface area contributed by atoms with Crippen molar-refractivity contribution in [2.75, 3.05) is 10.6 Å². The van der Waals surface area contributed by atoms with Gasteiger partial charge in [0.25, 0.3) is 5.91 Å². The van der Waals surface area contributed by atoms with Gasteiger partial charge in [0.1, 0.15) is 0 Å². The SMILES string of the molecule is Cl.Cl.O=C(Nc1cccc(NC(=O)C2CC3CCCCC3N2)c1)c1ccncc1. The Morgan fingerprint density at radius 2 is 1.66 bits per heavy atom. The van der Waals surface area contributed by atoms with Crippen LogP contribution in [0, 0.1) is 5.92 Å². The van der Waals surface area contributed by atoms with Crippen LogP contribution in [0.25, 0.3) is 0 Å². The summed E-state index contributed by atoms with van der Waals surface area (Å²) in [5.41, 5.74) is 1.86. The summed E-state index contributed by atoms with van der Waals surface area (Å²) in [6.45, 7) is 0. The van der Waals surface area contributed by atoms with Gasteiger partial charge >= 0.3 is 0 Å². The molecule has 29 heavy (non-hydrogen) atoms. The fourth-order valence-electron chi connectivity index (χ4n) is 4.13. The Hall–Kier alpha value is -2.15. The molecule has 2 aromatic rings. The van der Waals surface area contributed by atoms with Crippen molar-refractivity contribution in [1.82, 2.24) is 10.3 Å². The van der Waals surface area contributed by atoms with Gasteiger partial charge in [0.15, 0.2) is 0 Å². The second kappa shape index (κ2) is 10.6. The minimum atomic E-state index is -0.206. The Labute approximate surface area is 183 Å². The van der Waals surface area contributed by atoms with Crippen LogP contribution >= 0.6 is 24.8 Å². The third-order valence-electron chi connectivity index (χ3n) is 5.51. The van der Waals surface area contributed by atoms with E-state index in [1.165, 1.54) is 25.7 Å². The molecule has 0 bridgehead atoms. The Bertz CT molecular complexity index is 820. The zero-order valence-corrected chi connectivity index (χ0v) is 17.6. The molecule has 156 valence electrons. The molecule has 6 nitrogen and oxygen atoms in total. The third-order valence-corrected chi connectivity index (χ3v) is 5.51. The van der Waals surface area contributed by atoms with Crippen LogP contribution in [-0.4, -0.2) is 28.9 Å². The van der Waals surface area contributed by atoms with E-state index in [1.54, 1.807) is 36.7 Å². The van der Waals surface area contributed by atoms with Gasteiger partial charge in [-0.25, -0.2) is 0 Å². The lowest BCUT2D eigenvalue weighted by atomic mass is 9.85. The maximum atomic E-state index is 12.6. The highest BCUT2D eigenvalue weighted by Crippen LogP contribution is 2.33. The number of hydrogen-bond acceptors (Lipinski definition) is 4. The average Bonchev–Trinajstić information content (AvgIpc) is 3.13. The Kier molecular flexibility index (Phi) is 8.44. The van der Waals surface area contributed by atoms with Crippen LogP contribution in [0.4, 0.5) is 11.4 Å². The number of nitrogens with zero attached hydrogens (tertiary/aromatic N) is 1. The number of halogens is 2. The fraction of sp³-hybridized carbons (Fsp3) is 0.381. The Morgan fingerprint density at radius 1 is 0.966 bits per heavy atom. The number of benzene rings is 1. The molecule has 0 radical (unpaired) electrons. The quantitative estimate of drug-likeness (QED) is 0.675. The van der Waals surface area contributed by atoms with Crippen LogP contribution in [0.2, 0.25) is 0 Å². The van der Waals surface area contributed by atoms with Gasteiger partial charge in [-0.05, 0) is 55.5 Å². The van der Waals surface area contributed by atoms with E-state index >= 15 is 0 Å². The summed E-state index contributed by atoms with van der Waals surface area (Å²) in [4.78, 5) is 28.8. The Morgan fingerprint density at radius 3 is 2.38 bits per heavy atom. The van der Waals surface area contributed by atoms with Crippen LogP contribution in [0.3, 0.4) is 0 Å². The molecule has 1 aliphatic heterocycles. The van der Waals surface area contributed by atoms with Crippen molar-refractivity contribution in [2.45, 2.75) is 44.2 Å². The number of fused-ring (bicyclic) bond motifs is 1. The smallest absolute Gasteiger partial charge is 0.255 e. The molecule has 3 unspecified atom stereocenters. The maximum absolute atomic E-state index is 12.6. The van der Waals surface area contributed by atoms with Crippen molar-refractivity contribution < 1.29 is 9.59 Å². The molecule has 2 heterocycles. The maximum Gasteiger partial charge on any atom is 0.255 e. The van der Waals surface area contributed by atoms with Gasteiger partial charge in [0.05, 0.1) is 6.04 Å². The van der Waals surface area contributed by atoms with Crippen LogP contribution in [0.5, 0.6) is 0 Å². The van der Waals surface area contributed by atoms with Gasteiger partial charge in [0.2, 0.25) is 5.91 Å². The first-order valence-corrected chi connectivity index (χ1v) is 9.57. The minimum Gasteiger partial charge on any atom is -0.325 e. The van der Waals surface area contributed by atoms with Crippen molar-refractivity contribution >= 4 is 48.0 Å². The van der Waals surface area contributed by atoms with Gasteiger partial charge in [0, 0.05) is 35.4 Å². The fourth-order valence-corrected chi connectivity index (χ4v) is 4.13. The van der Waals surface area contributed by atoms with Crippen LogP contribution in [0.1, 0.15) is 42.5 Å². The largest absolute Gasteiger partial charge is 0.325 e. The number of pyridine rings is 1. The molecular weight excluding hydrogens is 411 g/mol. The van der Waals surface area contributed by atoms with Crippen LogP contribution in [0.15, 0.2) is 48.8 Å². The van der Waals surface area contributed by atoms with Crippen LogP contribution < -0.4 is 16.0 Å². The lowest BCUT2D eigenvalue weighted by Crippen LogP contribution is -2.39. The van der Waals surface area contributed by atoms with Gasteiger partial charge in [-0.2, -0.15) is 0 Å². The van der Waals surface area contributed by atoms with Gasteiger partial charge in [-0.1, -0.05) is 18.9 Å². The van der Waals surface area contributed by atoms with Gasteiger partial charge in [-0.15, -0.1) is 24.8 Å². The zero-order valence-electron chi connectivity index (χ0n) is 16.0. The molecule has 8 heteroatoms. The number of hydrogen-bond donors (Lipinski definition) is 3. The predicted octanol–water partition coefficient (Wildman–Crippen LogP) is 4.04. The first-order chi connectivity index (χ1) is 13.2.